The summed E-state index contributed by atoms with van der Waals surface area (Å²) in [4.78, 5) is 0. The Labute approximate surface area is 191 Å². The smallest absolute Gasteiger partial charge is 0.0806 e. The molecular weight excluding hydrogens is 400 g/mol. The summed E-state index contributed by atoms with van der Waals surface area (Å²) in [5, 5.41) is 4.52. The molecule has 0 radical (unpaired) electrons. The van der Waals surface area contributed by atoms with Gasteiger partial charge in [-0.05, 0) is 39.5 Å². The highest BCUT2D eigenvalue weighted by molar-refractivity contribution is 7.10. The molecule has 4 aromatic rings. The van der Waals surface area contributed by atoms with Gasteiger partial charge < -0.3 is 0 Å². The van der Waals surface area contributed by atoms with E-state index in [1.807, 2.05) is 0 Å². The van der Waals surface area contributed by atoms with Crippen molar-refractivity contribution in [3.63, 3.8) is 0 Å². The fraction of sp³-hybridized carbons (Fsp3) is 0.0968. The fourth-order valence-electron chi connectivity index (χ4n) is 6.38. The minimum Gasteiger partial charge on any atom is -0.0806 e. The Balaban J connectivity index is 1.81. The summed E-state index contributed by atoms with van der Waals surface area (Å²) in [6.07, 6.45) is 7.01. The largest absolute Gasteiger partial charge is 0.163 e. The normalized spacial score (nSPS) is 18.0. The maximum absolute atomic E-state index is 2.48. The van der Waals surface area contributed by atoms with Crippen molar-refractivity contribution in [3.8, 4) is 0 Å². The molecule has 1 aliphatic carbocycles. The van der Waals surface area contributed by atoms with Gasteiger partial charge in [0.05, 0.1) is 0 Å². The van der Waals surface area contributed by atoms with Crippen LogP contribution >= 0.6 is 0 Å². The monoisotopic (exact) mass is 426 g/mol. The summed E-state index contributed by atoms with van der Waals surface area (Å²) in [6.45, 7) is 0. The molecule has 2 aliphatic rings. The Hall–Kier alpha value is -3.42. The molecular formula is C31H26Si. The van der Waals surface area contributed by atoms with Crippen LogP contribution in [-0.4, -0.2) is 8.07 Å². The topological polar surface area (TPSA) is 0 Å². The molecule has 1 aliphatic heterocycles. The van der Waals surface area contributed by atoms with E-state index in [2.05, 4.69) is 133 Å². The molecule has 0 saturated heterocycles. The van der Waals surface area contributed by atoms with Crippen LogP contribution in [0.25, 0.3) is 0 Å². The third-order valence-corrected chi connectivity index (χ3v) is 13.3. The van der Waals surface area contributed by atoms with Gasteiger partial charge in [0, 0.05) is 5.04 Å². The Morgan fingerprint density at radius 2 is 0.969 bits per heavy atom. The molecule has 1 heterocycles. The van der Waals surface area contributed by atoms with Gasteiger partial charge in [0.1, 0.15) is 0 Å². The van der Waals surface area contributed by atoms with E-state index in [0.29, 0.717) is 0 Å². The van der Waals surface area contributed by atoms with E-state index in [-0.39, 0.29) is 5.04 Å². The molecule has 0 N–H and O–H groups in total. The lowest BCUT2D eigenvalue weighted by molar-refractivity contribution is 0.701. The van der Waals surface area contributed by atoms with Gasteiger partial charge in [0.15, 0.2) is 8.07 Å². The maximum atomic E-state index is 2.47. The first-order valence-corrected chi connectivity index (χ1v) is 13.5. The predicted molar refractivity (Wildman–Crippen MR) is 137 cm³/mol. The number of hydrogen-bond acceptors (Lipinski definition) is 0. The number of hydrogen-bond donors (Lipinski definition) is 0. The minimum absolute atomic E-state index is 0.0896. The summed E-state index contributed by atoms with van der Waals surface area (Å²) >= 11 is 0. The Morgan fingerprint density at radius 1 is 0.531 bits per heavy atom. The molecule has 0 saturated carbocycles. The van der Waals surface area contributed by atoms with Crippen LogP contribution in [0, 0.1) is 0 Å². The van der Waals surface area contributed by atoms with Crippen molar-refractivity contribution in [2.45, 2.75) is 17.9 Å². The first-order chi connectivity index (χ1) is 15.9. The summed E-state index contributed by atoms with van der Waals surface area (Å²) in [6, 6.07) is 45.4. The van der Waals surface area contributed by atoms with Crippen LogP contribution < -0.4 is 10.4 Å². The van der Waals surface area contributed by atoms with Crippen molar-refractivity contribution in [2.24, 2.45) is 0 Å². The number of allylic oxidation sites excluding steroid dienone is 4. The van der Waals surface area contributed by atoms with E-state index in [1.54, 1.807) is 10.8 Å². The van der Waals surface area contributed by atoms with Crippen LogP contribution in [0.1, 0.15) is 24.0 Å². The summed E-state index contributed by atoms with van der Waals surface area (Å²) < 4.78 is 0. The maximum Gasteiger partial charge on any atom is 0.163 e. The minimum atomic E-state index is -2.48. The lowest BCUT2D eigenvalue weighted by atomic mass is 9.84. The van der Waals surface area contributed by atoms with E-state index in [0.717, 1.165) is 12.8 Å². The van der Waals surface area contributed by atoms with Gasteiger partial charge in [-0.25, -0.2) is 0 Å². The summed E-state index contributed by atoms with van der Waals surface area (Å²) in [5.74, 6) is 0. The van der Waals surface area contributed by atoms with Crippen molar-refractivity contribution in [1.29, 1.82) is 0 Å². The second-order valence-electron chi connectivity index (χ2n) is 8.92. The average Bonchev–Trinajstić information content (AvgIpc) is 3.45. The van der Waals surface area contributed by atoms with Crippen LogP contribution in [0.4, 0.5) is 0 Å². The summed E-state index contributed by atoms with van der Waals surface area (Å²) in [5.41, 5.74) is 4.50. The van der Waals surface area contributed by atoms with E-state index in [1.165, 1.54) is 21.5 Å². The van der Waals surface area contributed by atoms with Crippen LogP contribution in [0.15, 0.2) is 144 Å². The van der Waals surface area contributed by atoms with Crippen molar-refractivity contribution < 1.29 is 0 Å². The van der Waals surface area contributed by atoms with Crippen LogP contribution in [0.5, 0.6) is 0 Å². The molecule has 0 fully saturated rings. The second kappa shape index (κ2) is 7.61. The second-order valence-corrected chi connectivity index (χ2v) is 13.0. The van der Waals surface area contributed by atoms with Gasteiger partial charge in [0.25, 0.3) is 0 Å². The van der Waals surface area contributed by atoms with Crippen LogP contribution in [0.3, 0.4) is 0 Å². The van der Waals surface area contributed by atoms with Crippen LogP contribution in [-0.2, 0) is 5.04 Å². The highest BCUT2D eigenvalue weighted by Gasteiger charge is 2.63. The Bertz CT molecular complexity index is 1210. The first kappa shape index (κ1) is 19.3. The van der Waals surface area contributed by atoms with Crippen LogP contribution in [0.2, 0.25) is 0 Å². The molecule has 0 nitrogen and oxygen atoms in total. The molecule has 6 rings (SSSR count). The lowest BCUT2D eigenvalue weighted by Gasteiger charge is -2.48. The van der Waals surface area contributed by atoms with Gasteiger partial charge in [0.2, 0.25) is 0 Å². The SMILES string of the molecule is C1=CC2=C(C1)CC(c1ccccc1)(c1ccccc1)[Si]2(c1ccccc1)c1ccccc1. The molecule has 1 heteroatoms. The lowest BCUT2D eigenvalue weighted by Crippen LogP contribution is -2.71. The average molecular weight is 427 g/mol. The molecule has 0 spiro atoms. The first-order valence-electron chi connectivity index (χ1n) is 11.5. The van der Waals surface area contributed by atoms with Gasteiger partial charge in [-0.1, -0.05) is 139 Å². The zero-order valence-corrected chi connectivity index (χ0v) is 19.1. The van der Waals surface area contributed by atoms with E-state index < -0.39 is 8.07 Å². The molecule has 0 atom stereocenters. The summed E-state index contributed by atoms with van der Waals surface area (Å²) in [7, 11) is -2.48. The molecule has 0 aromatic heterocycles. The van der Waals surface area contributed by atoms with Crippen molar-refractivity contribution in [3.05, 3.63) is 155 Å². The molecule has 32 heavy (non-hydrogen) atoms. The molecule has 4 aromatic carbocycles. The zero-order valence-electron chi connectivity index (χ0n) is 18.1. The van der Waals surface area contributed by atoms with Gasteiger partial charge in [-0.3, -0.25) is 0 Å². The van der Waals surface area contributed by atoms with Crippen molar-refractivity contribution in [1.82, 2.24) is 0 Å². The highest BCUT2D eigenvalue weighted by atomic mass is 28.3. The molecule has 154 valence electrons. The van der Waals surface area contributed by atoms with Gasteiger partial charge in [-0.15, -0.1) is 0 Å². The Morgan fingerprint density at radius 3 is 1.44 bits per heavy atom. The predicted octanol–water partition coefficient (Wildman–Crippen LogP) is 5.97. The van der Waals surface area contributed by atoms with E-state index >= 15 is 0 Å². The van der Waals surface area contributed by atoms with Gasteiger partial charge >= 0.3 is 0 Å². The van der Waals surface area contributed by atoms with Crippen molar-refractivity contribution in [2.75, 3.05) is 0 Å². The van der Waals surface area contributed by atoms with Gasteiger partial charge in [-0.2, -0.15) is 0 Å². The standard InChI is InChI=1S/C31H26Si/c1-5-15-26(16-6-1)31(27-17-7-2-8-18-27)24-25-14-13-23-30(25)32(31,28-19-9-3-10-20-28)29-21-11-4-12-22-29/h1-13,15-23H,14,24H2. The van der Waals surface area contributed by atoms with Crippen molar-refractivity contribution >= 4 is 18.4 Å². The Kier molecular flexibility index (Phi) is 4.59. The highest BCUT2D eigenvalue weighted by Crippen LogP contribution is 2.56. The molecule has 0 unspecified atom stereocenters. The van der Waals surface area contributed by atoms with E-state index in [9.17, 15) is 0 Å². The zero-order chi connectivity index (χ0) is 21.4. The molecule has 0 amide bonds. The fourth-order valence-corrected chi connectivity index (χ4v) is 12.9. The number of rotatable bonds is 4. The quantitative estimate of drug-likeness (QED) is 0.353. The third-order valence-electron chi connectivity index (χ3n) is 7.50. The number of benzene rings is 4. The molecule has 0 bridgehead atoms. The third kappa shape index (κ3) is 2.55. The van der Waals surface area contributed by atoms with E-state index in [4.69, 9.17) is 0 Å².